The molecule has 0 spiro atoms. The molecule has 0 aromatic carbocycles. The van der Waals surface area contributed by atoms with Crippen molar-refractivity contribution in [2.75, 3.05) is 17.2 Å². The predicted octanol–water partition coefficient (Wildman–Crippen LogP) is 2.43. The van der Waals surface area contributed by atoms with E-state index in [1.165, 1.54) is 0 Å². The van der Waals surface area contributed by atoms with Gasteiger partial charge in [-0.05, 0) is 41.0 Å². The summed E-state index contributed by atoms with van der Waals surface area (Å²) >= 11 is 0. The molecule has 5 heteroatoms. The van der Waals surface area contributed by atoms with Crippen LogP contribution in [-0.2, 0) is 6.42 Å². The Morgan fingerprint density at radius 1 is 1.11 bits per heavy atom. The van der Waals surface area contributed by atoms with E-state index in [1.54, 1.807) is 20.2 Å². The summed E-state index contributed by atoms with van der Waals surface area (Å²) in [6.45, 7) is 12.4. The second-order valence-electron chi connectivity index (χ2n) is 5.74. The van der Waals surface area contributed by atoms with E-state index in [9.17, 15) is 5.11 Å². The van der Waals surface area contributed by atoms with Gasteiger partial charge in [-0.1, -0.05) is 6.92 Å². The van der Waals surface area contributed by atoms with Gasteiger partial charge in [0, 0.05) is 12.1 Å². The topological polar surface area (TPSA) is 70.1 Å². The largest absolute Gasteiger partial charge is 0.388 e. The molecule has 0 unspecified atom stereocenters. The fraction of sp³-hybridized carbons (Fsp3) is 0.714. The SMILES string of the molecule is CCNc1ncnc(NC(C)(C)C(C)(C)O)c1CC. The van der Waals surface area contributed by atoms with Crippen LogP contribution < -0.4 is 10.6 Å². The molecule has 5 nitrogen and oxygen atoms in total. The second kappa shape index (κ2) is 5.74. The number of hydrogen-bond donors (Lipinski definition) is 3. The van der Waals surface area contributed by atoms with Gasteiger partial charge in [0.2, 0.25) is 0 Å². The van der Waals surface area contributed by atoms with E-state index >= 15 is 0 Å². The third kappa shape index (κ3) is 3.56. The van der Waals surface area contributed by atoms with Crippen LogP contribution in [0.5, 0.6) is 0 Å². The molecule has 0 saturated carbocycles. The zero-order valence-corrected chi connectivity index (χ0v) is 12.8. The lowest BCUT2D eigenvalue weighted by Crippen LogP contribution is -2.51. The molecule has 1 aromatic heterocycles. The van der Waals surface area contributed by atoms with Gasteiger partial charge in [-0.3, -0.25) is 0 Å². The van der Waals surface area contributed by atoms with Crippen LogP contribution in [0.1, 0.15) is 47.1 Å². The molecule has 0 saturated heterocycles. The molecule has 0 aliphatic carbocycles. The van der Waals surface area contributed by atoms with Crippen molar-refractivity contribution in [2.45, 2.75) is 59.1 Å². The van der Waals surface area contributed by atoms with Crippen LogP contribution >= 0.6 is 0 Å². The van der Waals surface area contributed by atoms with Crippen molar-refractivity contribution < 1.29 is 5.11 Å². The van der Waals surface area contributed by atoms with Gasteiger partial charge in [0.1, 0.15) is 18.0 Å². The van der Waals surface area contributed by atoms with Gasteiger partial charge < -0.3 is 15.7 Å². The minimum absolute atomic E-state index is 0.491. The maximum Gasteiger partial charge on any atom is 0.135 e. The van der Waals surface area contributed by atoms with Gasteiger partial charge in [0.15, 0.2) is 0 Å². The first-order chi connectivity index (χ1) is 8.73. The Bertz CT molecular complexity index is 424. The van der Waals surface area contributed by atoms with Gasteiger partial charge in [0.05, 0.1) is 11.1 Å². The number of anilines is 2. The number of nitrogens with zero attached hydrogens (tertiary/aromatic N) is 2. The molecule has 1 heterocycles. The monoisotopic (exact) mass is 266 g/mol. The molecule has 1 aromatic rings. The number of nitrogens with one attached hydrogen (secondary N) is 2. The van der Waals surface area contributed by atoms with Crippen molar-refractivity contribution in [3.8, 4) is 0 Å². The third-order valence-corrected chi connectivity index (χ3v) is 3.60. The third-order valence-electron chi connectivity index (χ3n) is 3.60. The van der Waals surface area contributed by atoms with Crippen molar-refractivity contribution in [3.05, 3.63) is 11.9 Å². The van der Waals surface area contributed by atoms with Gasteiger partial charge in [-0.25, -0.2) is 9.97 Å². The van der Waals surface area contributed by atoms with Gasteiger partial charge >= 0.3 is 0 Å². The summed E-state index contributed by atoms with van der Waals surface area (Å²) in [7, 11) is 0. The average Bonchev–Trinajstić information content (AvgIpc) is 2.28. The van der Waals surface area contributed by atoms with Crippen LogP contribution in [0, 0.1) is 0 Å². The smallest absolute Gasteiger partial charge is 0.135 e. The zero-order chi connectivity index (χ0) is 14.7. The highest BCUT2D eigenvalue weighted by atomic mass is 16.3. The molecule has 3 N–H and O–H groups in total. The summed E-state index contributed by atoms with van der Waals surface area (Å²) in [5.41, 5.74) is -0.308. The van der Waals surface area contributed by atoms with E-state index in [-0.39, 0.29) is 0 Å². The number of rotatable bonds is 6. The van der Waals surface area contributed by atoms with E-state index < -0.39 is 11.1 Å². The summed E-state index contributed by atoms with van der Waals surface area (Å²) in [6.07, 6.45) is 2.37. The van der Waals surface area contributed by atoms with Gasteiger partial charge in [-0.2, -0.15) is 0 Å². The summed E-state index contributed by atoms with van der Waals surface area (Å²) in [6, 6.07) is 0. The summed E-state index contributed by atoms with van der Waals surface area (Å²) in [5, 5.41) is 16.8. The maximum absolute atomic E-state index is 10.2. The van der Waals surface area contributed by atoms with Crippen molar-refractivity contribution in [1.29, 1.82) is 0 Å². The number of aromatic nitrogens is 2. The Kier molecular flexibility index (Phi) is 4.74. The Balaban J connectivity index is 3.11. The van der Waals surface area contributed by atoms with E-state index in [0.717, 1.165) is 30.2 Å². The Labute approximate surface area is 115 Å². The predicted molar refractivity (Wildman–Crippen MR) is 79.6 cm³/mol. The van der Waals surface area contributed by atoms with Gasteiger partial charge in [0.25, 0.3) is 0 Å². The molecule has 108 valence electrons. The van der Waals surface area contributed by atoms with Crippen molar-refractivity contribution >= 4 is 11.6 Å². The van der Waals surface area contributed by atoms with E-state index in [1.807, 2.05) is 20.8 Å². The first kappa shape index (κ1) is 15.7. The molecule has 0 amide bonds. The highest BCUT2D eigenvalue weighted by Crippen LogP contribution is 2.28. The summed E-state index contributed by atoms with van der Waals surface area (Å²) < 4.78 is 0. The Morgan fingerprint density at radius 2 is 1.68 bits per heavy atom. The minimum Gasteiger partial charge on any atom is -0.388 e. The Morgan fingerprint density at radius 3 is 2.16 bits per heavy atom. The van der Waals surface area contributed by atoms with Crippen LogP contribution in [0.25, 0.3) is 0 Å². The molecular formula is C14H26N4O. The number of hydrogen-bond acceptors (Lipinski definition) is 5. The lowest BCUT2D eigenvalue weighted by atomic mass is 9.86. The zero-order valence-electron chi connectivity index (χ0n) is 12.8. The molecule has 0 atom stereocenters. The first-order valence-electron chi connectivity index (χ1n) is 6.81. The molecule has 0 bridgehead atoms. The Hall–Kier alpha value is -1.36. The van der Waals surface area contributed by atoms with Gasteiger partial charge in [-0.15, -0.1) is 0 Å². The standard InChI is InChI=1S/C14H26N4O/c1-7-10-11(15-8-2)16-9-17-12(10)18-13(3,4)14(5,6)19/h9,19H,7-8H2,1-6H3,(H2,15,16,17,18). The van der Waals surface area contributed by atoms with Crippen LogP contribution in [0.3, 0.4) is 0 Å². The van der Waals surface area contributed by atoms with Crippen LogP contribution in [0.15, 0.2) is 6.33 Å². The molecule has 0 aliphatic heterocycles. The van der Waals surface area contributed by atoms with Crippen molar-refractivity contribution in [2.24, 2.45) is 0 Å². The summed E-state index contributed by atoms with van der Waals surface area (Å²) in [4.78, 5) is 8.59. The fourth-order valence-electron chi connectivity index (χ4n) is 1.62. The van der Waals surface area contributed by atoms with Crippen LogP contribution in [0.4, 0.5) is 11.6 Å². The fourth-order valence-corrected chi connectivity index (χ4v) is 1.62. The lowest BCUT2D eigenvalue weighted by Gasteiger charge is -2.39. The molecule has 0 aliphatic rings. The molecular weight excluding hydrogens is 240 g/mol. The molecule has 0 radical (unpaired) electrons. The van der Waals surface area contributed by atoms with Crippen molar-refractivity contribution in [1.82, 2.24) is 9.97 Å². The first-order valence-corrected chi connectivity index (χ1v) is 6.81. The van der Waals surface area contributed by atoms with E-state index in [4.69, 9.17) is 0 Å². The lowest BCUT2D eigenvalue weighted by molar-refractivity contribution is 0.0238. The highest BCUT2D eigenvalue weighted by molar-refractivity contribution is 5.58. The quantitative estimate of drug-likeness (QED) is 0.737. The maximum atomic E-state index is 10.2. The second-order valence-corrected chi connectivity index (χ2v) is 5.74. The van der Waals surface area contributed by atoms with E-state index in [0.29, 0.717) is 0 Å². The van der Waals surface area contributed by atoms with Crippen LogP contribution in [0.2, 0.25) is 0 Å². The minimum atomic E-state index is -0.860. The normalized spacial score (nSPS) is 12.4. The summed E-state index contributed by atoms with van der Waals surface area (Å²) in [5.74, 6) is 1.63. The number of aliphatic hydroxyl groups is 1. The van der Waals surface area contributed by atoms with Crippen molar-refractivity contribution in [3.63, 3.8) is 0 Å². The highest BCUT2D eigenvalue weighted by Gasteiger charge is 2.35. The van der Waals surface area contributed by atoms with Crippen LogP contribution in [-0.4, -0.2) is 32.8 Å². The van der Waals surface area contributed by atoms with E-state index in [2.05, 4.69) is 27.5 Å². The molecule has 19 heavy (non-hydrogen) atoms. The molecule has 1 rings (SSSR count). The molecule has 0 fully saturated rings. The average molecular weight is 266 g/mol.